The van der Waals surface area contributed by atoms with E-state index in [0.29, 0.717) is 5.92 Å². The minimum absolute atomic E-state index is 0.211. The average Bonchev–Trinajstić information content (AvgIpc) is 2.19. The molecule has 0 aliphatic rings. The van der Waals surface area contributed by atoms with Gasteiger partial charge in [-0.25, -0.2) is 0 Å². The summed E-state index contributed by atoms with van der Waals surface area (Å²) in [6.45, 7) is 4.28. The molecule has 0 spiro atoms. The lowest BCUT2D eigenvalue weighted by Gasteiger charge is -2.13. The summed E-state index contributed by atoms with van der Waals surface area (Å²) in [6.07, 6.45) is 0.920. The van der Waals surface area contributed by atoms with Crippen molar-refractivity contribution in [3.63, 3.8) is 0 Å². The SMILES string of the molecule is COc1ccc(CC(Cl)C(C)C)cc1. The van der Waals surface area contributed by atoms with Gasteiger partial charge in [-0.05, 0) is 30.0 Å². The number of ether oxygens (including phenoxy) is 1. The highest BCUT2D eigenvalue weighted by Crippen LogP contribution is 2.18. The summed E-state index contributed by atoms with van der Waals surface area (Å²) in [6, 6.07) is 8.08. The Bertz CT molecular complexity index is 266. The Balaban J connectivity index is 2.59. The number of hydrogen-bond acceptors (Lipinski definition) is 1. The third-order valence-electron chi connectivity index (χ3n) is 2.31. The molecule has 0 aliphatic heterocycles. The molecule has 0 bridgehead atoms. The first-order valence-electron chi connectivity index (χ1n) is 4.90. The molecule has 1 aromatic carbocycles. The van der Waals surface area contributed by atoms with E-state index in [2.05, 4.69) is 26.0 Å². The fourth-order valence-electron chi connectivity index (χ4n) is 1.22. The van der Waals surface area contributed by atoms with Crippen molar-refractivity contribution < 1.29 is 4.74 Å². The molecule has 1 rings (SSSR count). The van der Waals surface area contributed by atoms with Crippen LogP contribution in [0.25, 0.3) is 0 Å². The van der Waals surface area contributed by atoms with E-state index in [1.165, 1.54) is 5.56 Å². The summed E-state index contributed by atoms with van der Waals surface area (Å²) >= 11 is 6.19. The molecule has 1 aromatic rings. The maximum absolute atomic E-state index is 6.19. The van der Waals surface area contributed by atoms with Gasteiger partial charge in [-0.3, -0.25) is 0 Å². The molecule has 1 unspecified atom stereocenters. The highest BCUT2D eigenvalue weighted by Gasteiger charge is 2.09. The monoisotopic (exact) mass is 212 g/mol. The largest absolute Gasteiger partial charge is 0.497 e. The molecule has 0 heterocycles. The van der Waals surface area contributed by atoms with Crippen LogP contribution in [0.15, 0.2) is 24.3 Å². The van der Waals surface area contributed by atoms with Gasteiger partial charge in [-0.1, -0.05) is 26.0 Å². The molecular weight excluding hydrogens is 196 g/mol. The van der Waals surface area contributed by atoms with Crippen LogP contribution < -0.4 is 4.74 Å². The zero-order valence-corrected chi connectivity index (χ0v) is 9.71. The number of halogens is 1. The summed E-state index contributed by atoms with van der Waals surface area (Å²) in [5.74, 6) is 1.41. The van der Waals surface area contributed by atoms with E-state index in [1.807, 2.05) is 12.1 Å². The Hall–Kier alpha value is -0.690. The van der Waals surface area contributed by atoms with Crippen molar-refractivity contribution in [2.24, 2.45) is 5.92 Å². The number of hydrogen-bond donors (Lipinski definition) is 0. The Morgan fingerprint density at radius 2 is 1.79 bits per heavy atom. The first-order valence-corrected chi connectivity index (χ1v) is 5.34. The van der Waals surface area contributed by atoms with E-state index in [1.54, 1.807) is 7.11 Å². The van der Waals surface area contributed by atoms with Gasteiger partial charge in [0, 0.05) is 5.38 Å². The van der Waals surface area contributed by atoms with Crippen LogP contribution in [0, 0.1) is 5.92 Å². The van der Waals surface area contributed by atoms with Crippen molar-refractivity contribution in [1.29, 1.82) is 0 Å². The fourth-order valence-corrected chi connectivity index (χ4v) is 1.40. The molecule has 0 aromatic heterocycles. The molecule has 1 nitrogen and oxygen atoms in total. The zero-order chi connectivity index (χ0) is 10.6. The van der Waals surface area contributed by atoms with Crippen LogP contribution in [0.1, 0.15) is 19.4 Å². The molecule has 0 N–H and O–H groups in total. The second-order valence-electron chi connectivity index (χ2n) is 3.81. The van der Waals surface area contributed by atoms with Crippen LogP contribution in [-0.2, 0) is 6.42 Å². The van der Waals surface area contributed by atoms with E-state index in [9.17, 15) is 0 Å². The molecule has 0 fully saturated rings. The van der Waals surface area contributed by atoms with Crippen LogP contribution in [0.4, 0.5) is 0 Å². The summed E-state index contributed by atoms with van der Waals surface area (Å²) in [4.78, 5) is 0. The van der Waals surface area contributed by atoms with Crippen molar-refractivity contribution >= 4 is 11.6 Å². The lowest BCUT2D eigenvalue weighted by molar-refractivity contribution is 0.414. The van der Waals surface area contributed by atoms with E-state index >= 15 is 0 Å². The van der Waals surface area contributed by atoms with E-state index in [0.717, 1.165) is 12.2 Å². The van der Waals surface area contributed by atoms with Gasteiger partial charge in [0.05, 0.1) is 7.11 Å². The predicted octanol–water partition coefficient (Wildman–Crippen LogP) is 3.50. The maximum Gasteiger partial charge on any atom is 0.118 e. The number of rotatable bonds is 4. The van der Waals surface area contributed by atoms with Gasteiger partial charge in [0.25, 0.3) is 0 Å². The van der Waals surface area contributed by atoms with Crippen LogP contribution in [0.3, 0.4) is 0 Å². The summed E-state index contributed by atoms with van der Waals surface area (Å²) < 4.78 is 5.09. The highest BCUT2D eigenvalue weighted by atomic mass is 35.5. The van der Waals surface area contributed by atoms with Crippen molar-refractivity contribution in [3.8, 4) is 5.75 Å². The van der Waals surface area contributed by atoms with Crippen molar-refractivity contribution in [3.05, 3.63) is 29.8 Å². The van der Waals surface area contributed by atoms with Gasteiger partial charge in [-0.15, -0.1) is 11.6 Å². The van der Waals surface area contributed by atoms with Crippen LogP contribution >= 0.6 is 11.6 Å². The normalized spacial score (nSPS) is 12.9. The molecule has 0 amide bonds. The summed E-state index contributed by atoms with van der Waals surface area (Å²) in [5, 5.41) is 0.211. The highest BCUT2D eigenvalue weighted by molar-refractivity contribution is 6.20. The third-order valence-corrected chi connectivity index (χ3v) is 2.97. The van der Waals surface area contributed by atoms with Gasteiger partial charge < -0.3 is 4.74 Å². The van der Waals surface area contributed by atoms with Crippen LogP contribution in [-0.4, -0.2) is 12.5 Å². The average molecular weight is 213 g/mol. The Morgan fingerprint density at radius 3 is 2.21 bits per heavy atom. The standard InChI is InChI=1S/C12H17ClO/c1-9(2)12(13)8-10-4-6-11(14-3)7-5-10/h4-7,9,12H,8H2,1-3H3. The third kappa shape index (κ3) is 3.22. The lowest BCUT2D eigenvalue weighted by atomic mass is 10.0. The fraction of sp³-hybridized carbons (Fsp3) is 0.500. The van der Waals surface area contributed by atoms with Gasteiger partial charge in [-0.2, -0.15) is 0 Å². The molecule has 0 aliphatic carbocycles. The number of methoxy groups -OCH3 is 1. The maximum atomic E-state index is 6.19. The Labute approximate surface area is 91.0 Å². The topological polar surface area (TPSA) is 9.23 Å². The molecule has 0 saturated carbocycles. The predicted molar refractivity (Wildman–Crippen MR) is 61.2 cm³/mol. The van der Waals surface area contributed by atoms with Gasteiger partial charge >= 0.3 is 0 Å². The van der Waals surface area contributed by atoms with Crippen molar-refractivity contribution in [1.82, 2.24) is 0 Å². The van der Waals surface area contributed by atoms with Crippen LogP contribution in [0.2, 0.25) is 0 Å². The summed E-state index contributed by atoms with van der Waals surface area (Å²) in [7, 11) is 1.67. The second-order valence-corrected chi connectivity index (χ2v) is 4.37. The van der Waals surface area contributed by atoms with Crippen molar-refractivity contribution in [2.75, 3.05) is 7.11 Å². The minimum Gasteiger partial charge on any atom is -0.497 e. The Morgan fingerprint density at radius 1 is 1.21 bits per heavy atom. The molecule has 0 radical (unpaired) electrons. The quantitative estimate of drug-likeness (QED) is 0.695. The number of alkyl halides is 1. The van der Waals surface area contributed by atoms with Gasteiger partial charge in [0.1, 0.15) is 5.75 Å². The molecular formula is C12H17ClO. The van der Waals surface area contributed by atoms with E-state index < -0.39 is 0 Å². The van der Waals surface area contributed by atoms with Crippen LogP contribution in [0.5, 0.6) is 5.75 Å². The lowest BCUT2D eigenvalue weighted by Crippen LogP contribution is -2.10. The molecule has 1 atom stereocenters. The number of benzene rings is 1. The summed E-state index contributed by atoms with van der Waals surface area (Å²) in [5.41, 5.74) is 1.26. The minimum atomic E-state index is 0.211. The molecule has 14 heavy (non-hydrogen) atoms. The van der Waals surface area contributed by atoms with Gasteiger partial charge in [0.2, 0.25) is 0 Å². The Kier molecular flexibility index (Phi) is 4.27. The first kappa shape index (κ1) is 11.4. The second kappa shape index (κ2) is 5.26. The van der Waals surface area contributed by atoms with E-state index in [4.69, 9.17) is 16.3 Å². The van der Waals surface area contributed by atoms with Gasteiger partial charge in [0.15, 0.2) is 0 Å². The molecule has 78 valence electrons. The molecule has 0 saturated heterocycles. The first-order chi connectivity index (χ1) is 6.63. The molecule has 2 heteroatoms. The zero-order valence-electron chi connectivity index (χ0n) is 8.96. The van der Waals surface area contributed by atoms with E-state index in [-0.39, 0.29) is 5.38 Å². The smallest absolute Gasteiger partial charge is 0.118 e. The van der Waals surface area contributed by atoms with Crippen molar-refractivity contribution in [2.45, 2.75) is 25.6 Å².